The van der Waals surface area contributed by atoms with Gasteiger partial charge in [0.2, 0.25) is 0 Å². The number of imidazole rings is 1. The molecule has 1 atom stereocenters. The number of aromatic nitrogens is 3. The van der Waals surface area contributed by atoms with E-state index in [1.165, 1.54) is 13.2 Å². The third-order valence-electron chi connectivity index (χ3n) is 4.74. The summed E-state index contributed by atoms with van der Waals surface area (Å²) in [4.78, 5) is 17.1. The smallest absolute Gasteiger partial charge is 0.331 e. The van der Waals surface area contributed by atoms with Crippen molar-refractivity contribution in [1.82, 2.24) is 14.1 Å². The summed E-state index contributed by atoms with van der Waals surface area (Å²) in [6, 6.07) is 4.39. The fourth-order valence-corrected chi connectivity index (χ4v) is 4.42. The number of pyridine rings is 1. The molecule has 0 aliphatic rings. The number of nitrogens with zero attached hydrogens (tertiary/aromatic N) is 3. The van der Waals surface area contributed by atoms with Crippen molar-refractivity contribution in [2.24, 2.45) is 0 Å². The molecular weight excluding hydrogens is 451 g/mol. The number of halogens is 3. The molecule has 3 rings (SSSR count). The van der Waals surface area contributed by atoms with E-state index in [4.69, 9.17) is 9.47 Å². The van der Waals surface area contributed by atoms with Crippen LogP contribution in [-0.4, -0.2) is 54.7 Å². The third-order valence-corrected chi connectivity index (χ3v) is 5.66. The Hall–Kier alpha value is -3.02. The van der Waals surface area contributed by atoms with Gasteiger partial charge in [-0.25, -0.2) is 31.4 Å². The zero-order valence-electron chi connectivity index (χ0n) is 17.6. The molecule has 0 saturated heterocycles. The first-order chi connectivity index (χ1) is 15.1. The lowest BCUT2D eigenvalue weighted by molar-refractivity contribution is 0.126. The number of fused-ring (bicyclic) bond motifs is 1. The van der Waals surface area contributed by atoms with Gasteiger partial charge in [-0.2, -0.15) is 0 Å². The Kier molecular flexibility index (Phi) is 6.82. The van der Waals surface area contributed by atoms with Crippen LogP contribution in [0.3, 0.4) is 0 Å². The molecule has 0 fully saturated rings. The zero-order valence-corrected chi connectivity index (χ0v) is 18.4. The second kappa shape index (κ2) is 9.23. The molecule has 0 saturated carbocycles. The van der Waals surface area contributed by atoms with Gasteiger partial charge in [0.1, 0.15) is 15.7 Å². The first-order valence-electron chi connectivity index (χ1n) is 9.58. The lowest BCUT2D eigenvalue weighted by Gasteiger charge is -2.20. The first kappa shape index (κ1) is 23.6. The minimum atomic E-state index is -3.66. The second-order valence-corrected chi connectivity index (χ2v) is 9.29. The molecule has 0 N–H and O–H groups in total. The molecule has 0 bridgehead atoms. The Bertz CT molecular complexity index is 1290. The highest BCUT2D eigenvalue weighted by Crippen LogP contribution is 2.33. The molecule has 0 unspecified atom stereocenters. The van der Waals surface area contributed by atoms with Crippen molar-refractivity contribution in [3.05, 3.63) is 52.3 Å². The zero-order chi connectivity index (χ0) is 23.6. The fourth-order valence-electron chi connectivity index (χ4n) is 3.50. The Morgan fingerprint density at radius 1 is 1.19 bits per heavy atom. The molecule has 8 nitrogen and oxygen atoms in total. The van der Waals surface area contributed by atoms with Gasteiger partial charge >= 0.3 is 5.69 Å². The highest BCUT2D eigenvalue weighted by Gasteiger charge is 2.28. The number of alkyl halides is 2. The number of ether oxygens (including phenoxy) is 2. The highest BCUT2D eigenvalue weighted by atomic mass is 32.2. The summed E-state index contributed by atoms with van der Waals surface area (Å²) >= 11 is 0. The Labute approximate surface area is 182 Å². The van der Waals surface area contributed by atoms with Crippen LogP contribution in [0, 0.1) is 5.82 Å². The molecular formula is C20H22F3N3O5S. The summed E-state index contributed by atoms with van der Waals surface area (Å²) in [6.45, 7) is 1.05. The van der Waals surface area contributed by atoms with Crippen molar-refractivity contribution < 1.29 is 31.1 Å². The topological polar surface area (TPSA) is 92.4 Å². The van der Waals surface area contributed by atoms with Crippen molar-refractivity contribution in [3.8, 4) is 11.5 Å². The standard InChI is InChI=1S/C20H22F3N3O5S/c1-4-31-17-7-12(5-6-16(17)30-2)15(11-32(3,28)29)26-19-14(8-13(21)9-24-19)25(20(26)27)10-18(22)23/h5-9,15,18H,4,10-11H2,1-3H3/t15-/m0/s1. The van der Waals surface area contributed by atoms with Crippen molar-refractivity contribution in [1.29, 1.82) is 0 Å². The van der Waals surface area contributed by atoms with Crippen LogP contribution in [0.4, 0.5) is 13.2 Å². The van der Waals surface area contributed by atoms with Crippen LogP contribution in [0.25, 0.3) is 11.2 Å². The molecule has 0 aliphatic carbocycles. The van der Waals surface area contributed by atoms with Gasteiger partial charge in [0, 0.05) is 12.3 Å². The predicted molar refractivity (Wildman–Crippen MR) is 112 cm³/mol. The van der Waals surface area contributed by atoms with Crippen LogP contribution in [0.15, 0.2) is 35.3 Å². The van der Waals surface area contributed by atoms with E-state index in [0.717, 1.165) is 23.1 Å². The molecule has 12 heteroatoms. The maximum absolute atomic E-state index is 13.8. The second-order valence-electron chi connectivity index (χ2n) is 7.10. The number of hydrogen-bond donors (Lipinski definition) is 0. The summed E-state index contributed by atoms with van der Waals surface area (Å²) in [6.07, 6.45) is -1.07. The molecule has 0 amide bonds. The SMILES string of the molecule is CCOc1cc([C@H](CS(C)(=O)=O)n2c(=O)n(CC(F)F)c3cc(F)cnc32)ccc1OC. The van der Waals surface area contributed by atoms with E-state index < -0.39 is 46.1 Å². The molecule has 0 radical (unpaired) electrons. The molecule has 174 valence electrons. The summed E-state index contributed by atoms with van der Waals surface area (Å²) < 4.78 is 77.0. The average molecular weight is 473 g/mol. The lowest BCUT2D eigenvalue weighted by atomic mass is 10.1. The maximum Gasteiger partial charge on any atom is 0.331 e. The minimum absolute atomic E-state index is 0.112. The molecule has 0 spiro atoms. The lowest BCUT2D eigenvalue weighted by Crippen LogP contribution is -2.32. The fraction of sp³-hybridized carbons (Fsp3) is 0.400. The van der Waals surface area contributed by atoms with Crippen LogP contribution < -0.4 is 15.2 Å². The van der Waals surface area contributed by atoms with Crippen LogP contribution in [0.5, 0.6) is 11.5 Å². The van der Waals surface area contributed by atoms with E-state index >= 15 is 0 Å². The van der Waals surface area contributed by atoms with Gasteiger partial charge in [0.05, 0.1) is 43.8 Å². The number of hydrogen-bond acceptors (Lipinski definition) is 6. The van der Waals surface area contributed by atoms with E-state index in [1.807, 2.05) is 0 Å². The van der Waals surface area contributed by atoms with Gasteiger partial charge in [-0.15, -0.1) is 0 Å². The quantitative estimate of drug-likeness (QED) is 0.475. The van der Waals surface area contributed by atoms with E-state index in [9.17, 15) is 26.4 Å². The Morgan fingerprint density at radius 3 is 2.50 bits per heavy atom. The average Bonchev–Trinajstić information content (AvgIpc) is 2.96. The van der Waals surface area contributed by atoms with E-state index in [0.29, 0.717) is 28.2 Å². The molecule has 32 heavy (non-hydrogen) atoms. The van der Waals surface area contributed by atoms with Crippen molar-refractivity contribution in [3.63, 3.8) is 0 Å². The van der Waals surface area contributed by atoms with Gasteiger partial charge in [0.15, 0.2) is 17.1 Å². The number of rotatable bonds is 9. The van der Waals surface area contributed by atoms with Gasteiger partial charge in [-0.05, 0) is 24.6 Å². The van der Waals surface area contributed by atoms with Crippen LogP contribution >= 0.6 is 0 Å². The normalized spacial score (nSPS) is 13.0. The number of methoxy groups -OCH3 is 1. The van der Waals surface area contributed by atoms with Crippen LogP contribution in [0.1, 0.15) is 18.5 Å². The number of benzene rings is 1. The van der Waals surface area contributed by atoms with Gasteiger partial charge in [-0.3, -0.25) is 9.13 Å². The predicted octanol–water partition coefficient (Wildman–Crippen LogP) is 2.64. The monoisotopic (exact) mass is 473 g/mol. The van der Waals surface area contributed by atoms with Crippen molar-refractivity contribution in [2.45, 2.75) is 25.9 Å². The molecule has 2 aromatic heterocycles. The largest absolute Gasteiger partial charge is 0.493 e. The van der Waals surface area contributed by atoms with E-state index in [2.05, 4.69) is 4.98 Å². The minimum Gasteiger partial charge on any atom is -0.493 e. The van der Waals surface area contributed by atoms with Crippen molar-refractivity contribution in [2.75, 3.05) is 25.7 Å². The summed E-state index contributed by atoms with van der Waals surface area (Å²) in [5.41, 5.74) is -0.850. The Balaban J connectivity index is 2.31. The molecule has 1 aromatic carbocycles. The highest BCUT2D eigenvalue weighted by molar-refractivity contribution is 7.90. The van der Waals surface area contributed by atoms with E-state index in [-0.39, 0.29) is 11.2 Å². The van der Waals surface area contributed by atoms with E-state index in [1.54, 1.807) is 19.1 Å². The molecule has 2 heterocycles. The molecule has 0 aliphatic heterocycles. The summed E-state index contributed by atoms with van der Waals surface area (Å²) in [5.74, 6) is -0.645. The van der Waals surface area contributed by atoms with Crippen molar-refractivity contribution >= 4 is 21.0 Å². The molecule has 3 aromatic rings. The maximum atomic E-state index is 13.8. The van der Waals surface area contributed by atoms with Gasteiger partial charge in [-0.1, -0.05) is 6.07 Å². The van der Waals surface area contributed by atoms with Crippen LogP contribution in [0.2, 0.25) is 0 Å². The van der Waals surface area contributed by atoms with Crippen LogP contribution in [-0.2, 0) is 16.4 Å². The van der Waals surface area contributed by atoms with Gasteiger partial charge < -0.3 is 9.47 Å². The van der Waals surface area contributed by atoms with Gasteiger partial charge in [0.25, 0.3) is 6.43 Å². The summed E-state index contributed by atoms with van der Waals surface area (Å²) in [7, 11) is -2.22. The third kappa shape index (κ3) is 4.90. The number of sulfone groups is 1. The Morgan fingerprint density at radius 2 is 1.91 bits per heavy atom. The summed E-state index contributed by atoms with van der Waals surface area (Å²) in [5, 5.41) is 0. The first-order valence-corrected chi connectivity index (χ1v) is 11.6.